The summed E-state index contributed by atoms with van der Waals surface area (Å²) in [7, 11) is 4.35. The average molecular weight is 483 g/mol. The number of unbranched alkanes of at least 4 members (excludes halogenated alkanes) is 5. The fraction of sp³-hybridized carbons (Fsp3) is 0.581. The van der Waals surface area contributed by atoms with Crippen molar-refractivity contribution in [3.05, 3.63) is 65.7 Å². The lowest BCUT2D eigenvalue weighted by Gasteiger charge is -2.32. The van der Waals surface area contributed by atoms with Crippen LogP contribution < -0.4 is 4.74 Å². The molecule has 0 aliphatic carbocycles. The number of esters is 1. The van der Waals surface area contributed by atoms with Crippen molar-refractivity contribution < 1.29 is 18.8 Å². The Hall–Kier alpha value is -2.33. The molecular weight excluding hydrogens is 434 g/mol. The van der Waals surface area contributed by atoms with E-state index in [9.17, 15) is 4.79 Å². The van der Waals surface area contributed by atoms with E-state index in [0.717, 1.165) is 36.2 Å². The van der Waals surface area contributed by atoms with Crippen LogP contribution in [0.2, 0.25) is 0 Å². The van der Waals surface area contributed by atoms with Gasteiger partial charge in [0.15, 0.2) is 0 Å². The first-order valence-corrected chi connectivity index (χ1v) is 13.6. The number of hydrogen-bond donors (Lipinski definition) is 0. The van der Waals surface area contributed by atoms with Gasteiger partial charge < -0.3 is 14.0 Å². The summed E-state index contributed by atoms with van der Waals surface area (Å²) < 4.78 is 12.5. The Morgan fingerprint density at radius 1 is 0.886 bits per heavy atom. The van der Waals surface area contributed by atoms with Crippen LogP contribution in [0.3, 0.4) is 0 Å². The zero-order valence-electron chi connectivity index (χ0n) is 22.8. The summed E-state index contributed by atoms with van der Waals surface area (Å²) in [6, 6.07) is 18.8. The first-order chi connectivity index (χ1) is 16.8. The molecule has 0 radical (unpaired) electrons. The van der Waals surface area contributed by atoms with Gasteiger partial charge in [0.25, 0.3) is 0 Å². The molecule has 4 heteroatoms. The number of hydrogen-bond acceptors (Lipinski definition) is 3. The van der Waals surface area contributed by atoms with Crippen molar-refractivity contribution in [1.29, 1.82) is 0 Å². The second-order valence-corrected chi connectivity index (χ2v) is 10.6. The molecule has 2 unspecified atom stereocenters. The van der Waals surface area contributed by atoms with Crippen molar-refractivity contribution >= 4 is 5.97 Å². The van der Waals surface area contributed by atoms with Crippen LogP contribution in [0.1, 0.15) is 76.8 Å². The number of quaternary nitrogens is 1. The van der Waals surface area contributed by atoms with E-state index in [1.54, 1.807) is 0 Å². The topological polar surface area (TPSA) is 35.5 Å². The van der Waals surface area contributed by atoms with Gasteiger partial charge in [-0.1, -0.05) is 88.4 Å². The molecule has 2 aromatic carbocycles. The Kier molecular flexibility index (Phi) is 12.9. The third-order valence-electron chi connectivity index (χ3n) is 6.51. The second-order valence-electron chi connectivity index (χ2n) is 10.6. The maximum Gasteiger partial charge on any atom is 0.314 e. The predicted octanol–water partition coefficient (Wildman–Crippen LogP) is 7.20. The average Bonchev–Trinajstić information content (AvgIpc) is 2.84. The lowest BCUT2D eigenvalue weighted by Crippen LogP contribution is -2.45. The zero-order chi connectivity index (χ0) is 25.5. The van der Waals surface area contributed by atoms with Gasteiger partial charge >= 0.3 is 5.97 Å². The van der Waals surface area contributed by atoms with Crippen LogP contribution in [0.5, 0.6) is 5.75 Å². The zero-order valence-corrected chi connectivity index (χ0v) is 22.8. The summed E-state index contributed by atoms with van der Waals surface area (Å²) in [6.07, 6.45) is 9.48. The molecule has 0 fully saturated rings. The summed E-state index contributed by atoms with van der Waals surface area (Å²) >= 11 is 0. The van der Waals surface area contributed by atoms with E-state index < -0.39 is 0 Å². The number of rotatable bonds is 17. The van der Waals surface area contributed by atoms with Crippen LogP contribution in [0.15, 0.2) is 54.6 Å². The molecule has 0 saturated heterocycles. The van der Waals surface area contributed by atoms with Crippen molar-refractivity contribution in [3.8, 4) is 5.75 Å². The van der Waals surface area contributed by atoms with E-state index in [1.165, 1.54) is 49.7 Å². The van der Waals surface area contributed by atoms with Crippen LogP contribution in [0, 0.1) is 5.92 Å². The minimum Gasteiger partial charge on any atom is -0.487 e. The van der Waals surface area contributed by atoms with Crippen LogP contribution in [-0.2, 0) is 22.5 Å². The Morgan fingerprint density at radius 3 is 2.29 bits per heavy atom. The molecule has 0 N–H and O–H groups in total. The summed E-state index contributed by atoms with van der Waals surface area (Å²) in [6.45, 7) is 8.18. The minimum absolute atomic E-state index is 0.124. The Bertz CT molecular complexity index is 849. The van der Waals surface area contributed by atoms with E-state index in [0.29, 0.717) is 0 Å². The molecular formula is C31H48NO3+. The van der Waals surface area contributed by atoms with Gasteiger partial charge in [-0.3, -0.25) is 4.79 Å². The first-order valence-electron chi connectivity index (χ1n) is 13.6. The molecule has 0 spiro atoms. The SMILES string of the molecule is CCCCCCCCc1cccc(OC(C)COC(=O)C(CC)C[N+](C)(C)Cc2ccccc2)c1. The molecule has 0 aromatic heterocycles. The lowest BCUT2D eigenvalue weighted by molar-refractivity contribution is -0.906. The maximum atomic E-state index is 12.8. The van der Waals surface area contributed by atoms with E-state index >= 15 is 0 Å². The first kappa shape index (κ1) is 28.9. The highest BCUT2D eigenvalue weighted by Crippen LogP contribution is 2.19. The van der Waals surface area contributed by atoms with Crippen molar-refractivity contribution in [2.45, 2.75) is 84.8 Å². The minimum atomic E-state index is -0.187. The van der Waals surface area contributed by atoms with E-state index in [4.69, 9.17) is 9.47 Å². The monoisotopic (exact) mass is 482 g/mol. The van der Waals surface area contributed by atoms with Crippen LogP contribution in [0.4, 0.5) is 0 Å². The summed E-state index contributed by atoms with van der Waals surface area (Å²) in [5.74, 6) is 0.602. The molecule has 35 heavy (non-hydrogen) atoms. The maximum absolute atomic E-state index is 12.8. The largest absolute Gasteiger partial charge is 0.487 e. The highest BCUT2D eigenvalue weighted by Gasteiger charge is 2.28. The number of benzene rings is 2. The van der Waals surface area contributed by atoms with Gasteiger partial charge in [-0.25, -0.2) is 0 Å². The van der Waals surface area contributed by atoms with Crippen molar-refractivity contribution in [3.63, 3.8) is 0 Å². The van der Waals surface area contributed by atoms with Crippen molar-refractivity contribution in [1.82, 2.24) is 0 Å². The quantitative estimate of drug-likeness (QED) is 0.136. The molecule has 4 nitrogen and oxygen atoms in total. The number of carbonyl (C=O) groups is 1. The molecule has 0 bridgehead atoms. The lowest BCUT2D eigenvalue weighted by atomic mass is 10.0. The number of nitrogens with zero attached hydrogens (tertiary/aromatic N) is 1. The van der Waals surface area contributed by atoms with Gasteiger partial charge in [-0.2, -0.15) is 0 Å². The third-order valence-corrected chi connectivity index (χ3v) is 6.51. The second kappa shape index (κ2) is 15.6. The fourth-order valence-corrected chi connectivity index (χ4v) is 4.58. The third kappa shape index (κ3) is 11.8. The summed E-state index contributed by atoms with van der Waals surface area (Å²) in [4.78, 5) is 12.8. The van der Waals surface area contributed by atoms with Crippen molar-refractivity contribution in [2.75, 3.05) is 27.2 Å². The van der Waals surface area contributed by atoms with Crippen LogP contribution >= 0.6 is 0 Å². The summed E-state index contributed by atoms with van der Waals surface area (Å²) in [5.41, 5.74) is 2.59. The Balaban J connectivity index is 1.77. The smallest absolute Gasteiger partial charge is 0.314 e. The number of ether oxygens (including phenoxy) is 2. The molecule has 2 atom stereocenters. The Morgan fingerprint density at radius 2 is 1.57 bits per heavy atom. The molecule has 194 valence electrons. The molecule has 2 rings (SSSR count). The van der Waals surface area contributed by atoms with E-state index in [-0.39, 0.29) is 24.6 Å². The van der Waals surface area contributed by atoms with Crippen LogP contribution in [-0.4, -0.2) is 43.8 Å². The van der Waals surface area contributed by atoms with Gasteiger partial charge in [0.2, 0.25) is 0 Å². The number of aryl methyl sites for hydroxylation is 1. The normalized spacial score (nSPS) is 13.3. The molecule has 0 heterocycles. The van der Waals surface area contributed by atoms with Gasteiger partial charge in [0, 0.05) is 5.56 Å². The van der Waals surface area contributed by atoms with Gasteiger partial charge in [-0.05, 0) is 43.9 Å². The summed E-state index contributed by atoms with van der Waals surface area (Å²) in [5, 5.41) is 0. The standard InChI is InChI=1S/C31H48NO3/c1-6-8-9-10-11-13-17-27-20-16-21-30(22-27)35-26(3)25-34-31(33)29(7-2)24-32(4,5)23-28-18-14-12-15-19-28/h12,14-16,18-22,26,29H,6-11,13,17,23-25H2,1-5H3/q+1. The predicted molar refractivity (Wildman–Crippen MR) is 145 cm³/mol. The van der Waals surface area contributed by atoms with Gasteiger partial charge in [-0.15, -0.1) is 0 Å². The van der Waals surface area contributed by atoms with Crippen LogP contribution in [0.25, 0.3) is 0 Å². The van der Waals surface area contributed by atoms with Crippen molar-refractivity contribution in [2.24, 2.45) is 5.92 Å². The molecule has 0 aliphatic heterocycles. The van der Waals surface area contributed by atoms with Gasteiger partial charge in [0.1, 0.15) is 30.9 Å². The molecule has 0 amide bonds. The fourth-order valence-electron chi connectivity index (χ4n) is 4.58. The Labute approximate surface area is 214 Å². The van der Waals surface area contributed by atoms with E-state index in [2.05, 4.69) is 70.4 Å². The molecule has 0 aliphatic rings. The number of carbonyl (C=O) groups excluding carboxylic acids is 1. The van der Waals surface area contributed by atoms with E-state index in [1.807, 2.05) is 19.1 Å². The van der Waals surface area contributed by atoms with Gasteiger partial charge in [0.05, 0.1) is 20.6 Å². The highest BCUT2D eigenvalue weighted by atomic mass is 16.6. The highest BCUT2D eigenvalue weighted by molar-refractivity contribution is 5.72. The molecule has 2 aromatic rings. The molecule has 0 saturated carbocycles.